The Labute approximate surface area is 274 Å². The first-order valence-corrected chi connectivity index (χ1v) is 17.0. The number of rotatable bonds is 14. The van der Waals surface area contributed by atoms with Crippen LogP contribution in [0.5, 0.6) is 0 Å². The van der Waals surface area contributed by atoms with Gasteiger partial charge in [0.05, 0.1) is 19.5 Å². The third-order valence-corrected chi connectivity index (χ3v) is 10.2. The van der Waals surface area contributed by atoms with E-state index in [-0.39, 0.29) is 22.6 Å². The van der Waals surface area contributed by atoms with Crippen molar-refractivity contribution in [3.05, 3.63) is 36.7 Å². The fourth-order valence-electron chi connectivity index (χ4n) is 5.15. The van der Waals surface area contributed by atoms with Gasteiger partial charge in [-0.1, -0.05) is 6.08 Å². The van der Waals surface area contributed by atoms with E-state index in [4.69, 9.17) is 24.8 Å². The second-order valence-corrected chi connectivity index (χ2v) is 13.9. The number of phosphoric ester groups is 2. The predicted molar refractivity (Wildman–Crippen MR) is 155 cm³/mol. The molecule has 25 heteroatoms. The molecule has 0 amide bonds. The number of aromatic nitrogens is 4. The molecule has 0 spiro atoms. The second-order valence-electron chi connectivity index (χ2n) is 10.9. The van der Waals surface area contributed by atoms with E-state index in [0.29, 0.717) is 6.29 Å². The molecular formula is C24H30N6O17P2. The summed E-state index contributed by atoms with van der Waals surface area (Å²) in [6.07, 6.45) is -6.61. The Kier molecular flexibility index (Phi) is 10.8. The number of nitrogen functional groups attached to an aromatic ring is 1. The monoisotopic (exact) mass is 736 g/mol. The van der Waals surface area contributed by atoms with Gasteiger partial charge in [0.2, 0.25) is 5.78 Å². The van der Waals surface area contributed by atoms with E-state index in [1.807, 2.05) is 0 Å². The highest BCUT2D eigenvalue weighted by molar-refractivity contribution is 7.61. The molecule has 49 heavy (non-hydrogen) atoms. The maximum atomic E-state index is 12.5. The van der Waals surface area contributed by atoms with Crippen molar-refractivity contribution >= 4 is 50.7 Å². The normalized spacial score (nSPS) is 32.5. The van der Waals surface area contributed by atoms with E-state index >= 15 is 0 Å². The number of hydrogen-bond acceptors (Lipinski definition) is 19. The van der Waals surface area contributed by atoms with Crippen LogP contribution in [-0.2, 0) is 46.3 Å². The van der Waals surface area contributed by atoms with E-state index in [2.05, 4.69) is 23.8 Å². The number of anilines is 1. The number of aliphatic carboxylic acids is 1. The highest BCUT2D eigenvalue weighted by Gasteiger charge is 2.48. The summed E-state index contributed by atoms with van der Waals surface area (Å²) < 4.78 is 50.9. The summed E-state index contributed by atoms with van der Waals surface area (Å²) in [6, 6.07) is 0. The van der Waals surface area contributed by atoms with Crippen LogP contribution in [0.25, 0.3) is 11.2 Å². The minimum Gasteiger partial charge on any atom is -0.476 e. The van der Waals surface area contributed by atoms with Gasteiger partial charge < -0.3 is 55.4 Å². The van der Waals surface area contributed by atoms with Crippen molar-refractivity contribution in [2.75, 3.05) is 18.9 Å². The van der Waals surface area contributed by atoms with Crippen LogP contribution in [0.4, 0.5) is 5.82 Å². The number of aliphatic hydroxyl groups is 4. The molecule has 2 fully saturated rings. The number of nitrogens with zero attached hydrogens (tertiary/aromatic N) is 5. The molecule has 3 aliphatic heterocycles. The van der Waals surface area contributed by atoms with Crippen molar-refractivity contribution in [1.82, 2.24) is 24.4 Å². The largest absolute Gasteiger partial charge is 0.481 e. The summed E-state index contributed by atoms with van der Waals surface area (Å²) in [5, 5.41) is 50.7. The van der Waals surface area contributed by atoms with Crippen molar-refractivity contribution < 1.29 is 81.7 Å². The summed E-state index contributed by atoms with van der Waals surface area (Å²) in [5.74, 6) is -3.69. The Bertz CT molecular complexity index is 1760. The number of imidazole rings is 1. The third-order valence-electron chi connectivity index (χ3n) is 7.64. The zero-order valence-corrected chi connectivity index (χ0v) is 26.5. The lowest BCUT2D eigenvalue weighted by Gasteiger charge is -2.30. The van der Waals surface area contributed by atoms with Gasteiger partial charge in [0.15, 0.2) is 23.9 Å². The SMILES string of the molecule is Nc1ncnc2c1ncn2C1OC(COP(=O)(O)OP(=O)(O)OCC2OC(N3C=CC(CC(=O)C(=O)O)C(C=O)=C3)C(O)C2O)C(O)C1O. The van der Waals surface area contributed by atoms with Crippen LogP contribution in [0.15, 0.2) is 36.7 Å². The number of Topliss-reactive ketones (excluding diaryl/α,β-unsaturated/α-hetero) is 1. The topological polar surface area (TPSA) is 346 Å². The number of carbonyl (C=O) groups is 3. The van der Waals surface area contributed by atoms with Gasteiger partial charge in [-0.3, -0.25) is 23.2 Å². The maximum Gasteiger partial charge on any atom is 0.481 e. The molecule has 11 atom stereocenters. The van der Waals surface area contributed by atoms with E-state index in [0.717, 1.165) is 17.4 Å². The molecular weight excluding hydrogens is 706 g/mol. The number of fused-ring (bicyclic) bond motifs is 1. The molecule has 5 rings (SSSR count). The summed E-state index contributed by atoms with van der Waals surface area (Å²) >= 11 is 0. The fourth-order valence-corrected chi connectivity index (χ4v) is 7.24. The minimum atomic E-state index is -5.45. The average Bonchev–Trinajstić information content (AvgIpc) is 3.69. The Hall–Kier alpha value is -3.54. The Morgan fingerprint density at radius 2 is 1.53 bits per heavy atom. The number of allylic oxidation sites excluding steroid dienone is 2. The summed E-state index contributed by atoms with van der Waals surface area (Å²) in [6.45, 7) is -1.92. The average molecular weight is 736 g/mol. The molecule has 0 aliphatic carbocycles. The van der Waals surface area contributed by atoms with Crippen molar-refractivity contribution in [1.29, 1.82) is 0 Å². The number of hydrogen-bond donors (Lipinski definition) is 8. The van der Waals surface area contributed by atoms with Crippen LogP contribution in [-0.4, -0.2) is 134 Å². The molecule has 0 radical (unpaired) electrons. The molecule has 0 aromatic carbocycles. The third kappa shape index (κ3) is 7.94. The maximum absolute atomic E-state index is 12.5. The summed E-state index contributed by atoms with van der Waals surface area (Å²) in [5.41, 5.74) is 6.01. The standard InChI is InChI=1S/C24H30N6O17P2/c25-20-15-21(27-8-26-20)30(9-28-15)23-19(36)17(34)14(46-23)7-44-49(41,42)47-48(39,40)43-6-13-16(33)18(35)22(45-13)29-2-1-10(11(4-29)5-31)3-12(32)24(37)38/h1-2,4-5,8-10,13-14,16-19,22-23,33-36H,3,6-7H2,(H,37,38)(H,39,40)(H,41,42)(H2,25,26,27). The van der Waals surface area contributed by atoms with Crippen molar-refractivity contribution in [3.8, 4) is 0 Å². The molecule has 23 nitrogen and oxygen atoms in total. The zero-order chi connectivity index (χ0) is 35.8. The van der Waals surface area contributed by atoms with Crippen molar-refractivity contribution in [2.24, 2.45) is 5.92 Å². The first-order valence-electron chi connectivity index (χ1n) is 14.0. The van der Waals surface area contributed by atoms with Crippen LogP contribution >= 0.6 is 15.6 Å². The summed E-state index contributed by atoms with van der Waals surface area (Å²) in [7, 11) is -10.9. The van der Waals surface area contributed by atoms with Crippen LogP contribution in [0.1, 0.15) is 12.6 Å². The van der Waals surface area contributed by atoms with Crippen LogP contribution in [0, 0.1) is 5.92 Å². The molecule has 0 saturated carbocycles. The van der Waals surface area contributed by atoms with E-state index in [9.17, 15) is 53.7 Å². The number of carboxylic acids is 1. The van der Waals surface area contributed by atoms with Gasteiger partial charge in [-0.2, -0.15) is 4.31 Å². The lowest BCUT2D eigenvalue weighted by molar-refractivity contribution is -0.149. The predicted octanol–water partition coefficient (Wildman–Crippen LogP) is -2.70. The second kappa shape index (κ2) is 14.4. The first kappa shape index (κ1) is 36.7. The molecule has 0 bridgehead atoms. The minimum absolute atomic E-state index is 0.0317. The number of nitrogens with two attached hydrogens (primary N) is 1. The van der Waals surface area contributed by atoms with Gasteiger partial charge in [0.1, 0.15) is 54.8 Å². The Morgan fingerprint density at radius 1 is 0.939 bits per heavy atom. The molecule has 9 N–H and O–H groups in total. The zero-order valence-electron chi connectivity index (χ0n) is 24.7. The Morgan fingerprint density at radius 3 is 2.12 bits per heavy atom. The van der Waals surface area contributed by atoms with Gasteiger partial charge in [0, 0.05) is 30.3 Å². The number of ketones is 1. The molecule has 2 aromatic heterocycles. The molecule has 11 unspecified atom stereocenters. The molecule has 2 saturated heterocycles. The highest BCUT2D eigenvalue weighted by Crippen LogP contribution is 2.60. The van der Waals surface area contributed by atoms with E-state index in [1.54, 1.807) is 0 Å². The number of carbonyl (C=O) groups excluding carboxylic acids is 2. The van der Waals surface area contributed by atoms with Gasteiger partial charge >= 0.3 is 21.6 Å². The van der Waals surface area contributed by atoms with Crippen LogP contribution < -0.4 is 5.73 Å². The fraction of sp³-hybridized carbons (Fsp3) is 0.500. The number of ether oxygens (including phenoxy) is 2. The van der Waals surface area contributed by atoms with E-state index in [1.165, 1.54) is 23.2 Å². The molecule has 268 valence electrons. The van der Waals surface area contributed by atoms with Crippen LogP contribution in [0.3, 0.4) is 0 Å². The highest BCUT2D eigenvalue weighted by atomic mass is 31.3. The van der Waals surface area contributed by atoms with Crippen LogP contribution in [0.2, 0.25) is 0 Å². The smallest absolute Gasteiger partial charge is 0.476 e. The number of carboxylic acid groups (broad SMARTS) is 1. The number of aliphatic hydroxyl groups excluding tert-OH is 4. The molecule has 3 aliphatic rings. The lowest BCUT2D eigenvalue weighted by atomic mass is 9.93. The first-order chi connectivity index (χ1) is 23.0. The summed E-state index contributed by atoms with van der Waals surface area (Å²) in [4.78, 5) is 67.1. The van der Waals surface area contributed by atoms with Crippen molar-refractivity contribution in [3.63, 3.8) is 0 Å². The van der Waals surface area contributed by atoms with Gasteiger partial charge in [0.25, 0.3) is 0 Å². The quantitative estimate of drug-likeness (QED) is 0.0555. The van der Waals surface area contributed by atoms with Crippen molar-refractivity contribution in [2.45, 2.75) is 55.5 Å². The van der Waals surface area contributed by atoms with Gasteiger partial charge in [-0.15, -0.1) is 0 Å². The van der Waals surface area contributed by atoms with Gasteiger partial charge in [-0.05, 0) is 0 Å². The lowest BCUT2D eigenvalue weighted by Crippen LogP contribution is -2.40. The molecule has 2 aromatic rings. The number of aldehydes is 1. The van der Waals surface area contributed by atoms with Gasteiger partial charge in [-0.25, -0.2) is 28.9 Å². The molecule has 5 heterocycles. The Balaban J connectivity index is 1.14. The number of phosphoric acid groups is 2. The van der Waals surface area contributed by atoms with E-state index < -0.39 is 102 Å².